The number of nitrogens with zero attached hydrogens (tertiary/aromatic N) is 3. The standard InChI is InChI=1S/C19H13F3N4/c20-13-8-15(22)14(21)7-12(13)18-19(26-5-1-2-17(26)24-18)10-3-4-11-9-23-25-16(11)6-10/h3-4,6-9H,1-2,5H2,(H,23,25). The van der Waals surface area contributed by atoms with Crippen LogP contribution in [0.25, 0.3) is 33.4 Å². The molecule has 0 atom stereocenters. The Hall–Kier alpha value is -3.09. The lowest BCUT2D eigenvalue weighted by Gasteiger charge is -2.10. The molecule has 0 radical (unpaired) electrons. The van der Waals surface area contributed by atoms with Crippen molar-refractivity contribution in [1.29, 1.82) is 0 Å². The topological polar surface area (TPSA) is 46.5 Å². The molecule has 0 saturated carbocycles. The van der Waals surface area contributed by atoms with E-state index < -0.39 is 17.5 Å². The van der Waals surface area contributed by atoms with E-state index in [1.165, 1.54) is 0 Å². The van der Waals surface area contributed by atoms with Crippen LogP contribution in [0.5, 0.6) is 0 Å². The zero-order valence-corrected chi connectivity index (χ0v) is 13.6. The minimum atomic E-state index is -1.21. The quantitative estimate of drug-likeness (QED) is 0.541. The summed E-state index contributed by atoms with van der Waals surface area (Å²) in [5, 5.41) is 7.88. The molecule has 2 aromatic carbocycles. The van der Waals surface area contributed by atoms with E-state index in [1.54, 1.807) is 6.20 Å². The second-order valence-electron chi connectivity index (χ2n) is 6.40. The Labute approximate surface area is 146 Å². The lowest BCUT2D eigenvalue weighted by molar-refractivity contribution is 0.496. The first-order valence-electron chi connectivity index (χ1n) is 8.29. The van der Waals surface area contributed by atoms with Gasteiger partial charge in [-0.1, -0.05) is 12.1 Å². The van der Waals surface area contributed by atoms with E-state index >= 15 is 0 Å². The molecule has 5 rings (SSSR count). The normalized spacial score (nSPS) is 13.5. The number of rotatable bonds is 2. The van der Waals surface area contributed by atoms with Crippen LogP contribution in [0.4, 0.5) is 13.2 Å². The number of imidazole rings is 1. The average Bonchev–Trinajstić information content (AvgIpc) is 3.32. The Morgan fingerprint density at radius 1 is 1.00 bits per heavy atom. The maximum atomic E-state index is 14.4. The molecule has 1 N–H and O–H groups in total. The first-order valence-corrected chi connectivity index (χ1v) is 8.29. The Morgan fingerprint density at radius 2 is 1.85 bits per heavy atom. The molecule has 0 spiro atoms. The van der Waals surface area contributed by atoms with Crippen molar-refractivity contribution in [3.05, 3.63) is 59.8 Å². The van der Waals surface area contributed by atoms with Crippen molar-refractivity contribution in [1.82, 2.24) is 19.7 Å². The van der Waals surface area contributed by atoms with Crippen LogP contribution in [-0.4, -0.2) is 19.7 Å². The Morgan fingerprint density at radius 3 is 2.73 bits per heavy atom. The summed E-state index contributed by atoms with van der Waals surface area (Å²) < 4.78 is 43.5. The van der Waals surface area contributed by atoms with Crippen LogP contribution in [-0.2, 0) is 13.0 Å². The maximum absolute atomic E-state index is 14.4. The van der Waals surface area contributed by atoms with Gasteiger partial charge < -0.3 is 4.57 Å². The molecular formula is C19H13F3N4. The third-order valence-corrected chi connectivity index (χ3v) is 4.81. The largest absolute Gasteiger partial charge is 0.327 e. The van der Waals surface area contributed by atoms with E-state index in [2.05, 4.69) is 15.2 Å². The lowest BCUT2D eigenvalue weighted by atomic mass is 10.0. The summed E-state index contributed by atoms with van der Waals surface area (Å²) in [5.74, 6) is -2.31. The Balaban J connectivity index is 1.78. The zero-order valence-electron chi connectivity index (χ0n) is 13.6. The van der Waals surface area contributed by atoms with Gasteiger partial charge in [-0.3, -0.25) is 5.10 Å². The predicted octanol–water partition coefficient (Wildman–Crippen LogP) is 4.46. The first-order chi connectivity index (χ1) is 12.6. The van der Waals surface area contributed by atoms with Crippen LogP contribution >= 0.6 is 0 Å². The molecule has 0 amide bonds. The number of fused-ring (bicyclic) bond motifs is 2. The summed E-state index contributed by atoms with van der Waals surface area (Å²) in [6.45, 7) is 0.754. The van der Waals surface area contributed by atoms with Crippen LogP contribution in [0, 0.1) is 17.5 Å². The summed E-state index contributed by atoms with van der Waals surface area (Å²) in [4.78, 5) is 4.54. The number of hydrogen-bond acceptors (Lipinski definition) is 2. The maximum Gasteiger partial charge on any atom is 0.161 e. The van der Waals surface area contributed by atoms with Crippen LogP contribution < -0.4 is 0 Å². The van der Waals surface area contributed by atoms with Crippen molar-refractivity contribution >= 4 is 10.9 Å². The van der Waals surface area contributed by atoms with Gasteiger partial charge in [-0.15, -0.1) is 0 Å². The van der Waals surface area contributed by atoms with Gasteiger partial charge in [0.15, 0.2) is 11.6 Å². The number of aryl methyl sites for hydroxylation is 1. The third-order valence-electron chi connectivity index (χ3n) is 4.81. The van der Waals surface area contributed by atoms with Crippen molar-refractivity contribution in [2.45, 2.75) is 19.4 Å². The fraction of sp³-hybridized carbons (Fsp3) is 0.158. The molecule has 1 aliphatic rings. The monoisotopic (exact) mass is 354 g/mol. The molecule has 2 aromatic heterocycles. The second kappa shape index (κ2) is 5.45. The van der Waals surface area contributed by atoms with Crippen molar-refractivity contribution in [3.63, 3.8) is 0 Å². The van der Waals surface area contributed by atoms with Gasteiger partial charge in [0.2, 0.25) is 0 Å². The van der Waals surface area contributed by atoms with E-state index in [0.717, 1.165) is 47.7 Å². The van der Waals surface area contributed by atoms with Gasteiger partial charge >= 0.3 is 0 Å². The molecular weight excluding hydrogens is 341 g/mol. The van der Waals surface area contributed by atoms with E-state index in [1.807, 2.05) is 22.8 Å². The van der Waals surface area contributed by atoms with Crippen LogP contribution in [0.1, 0.15) is 12.2 Å². The van der Waals surface area contributed by atoms with Crippen LogP contribution in [0.2, 0.25) is 0 Å². The zero-order chi connectivity index (χ0) is 17.8. The highest BCUT2D eigenvalue weighted by atomic mass is 19.2. The molecule has 0 fully saturated rings. The molecule has 0 saturated heterocycles. The molecule has 1 aliphatic heterocycles. The summed E-state index contributed by atoms with van der Waals surface area (Å²) in [7, 11) is 0. The summed E-state index contributed by atoms with van der Waals surface area (Å²) in [6, 6.07) is 7.17. The number of aromatic nitrogens is 4. The van der Waals surface area contributed by atoms with E-state index in [-0.39, 0.29) is 5.56 Å². The molecule has 0 unspecified atom stereocenters. The van der Waals surface area contributed by atoms with Crippen molar-refractivity contribution in [2.24, 2.45) is 0 Å². The van der Waals surface area contributed by atoms with Gasteiger partial charge in [-0.2, -0.15) is 5.10 Å². The van der Waals surface area contributed by atoms with Crippen LogP contribution in [0.3, 0.4) is 0 Å². The number of halogens is 3. The smallest absolute Gasteiger partial charge is 0.161 e. The second-order valence-corrected chi connectivity index (χ2v) is 6.40. The average molecular weight is 354 g/mol. The summed E-state index contributed by atoms with van der Waals surface area (Å²) in [5.41, 5.74) is 2.66. The van der Waals surface area contributed by atoms with Crippen molar-refractivity contribution in [3.8, 4) is 22.5 Å². The number of benzene rings is 2. The first kappa shape index (κ1) is 15.2. The highest BCUT2D eigenvalue weighted by Gasteiger charge is 2.26. The Kier molecular flexibility index (Phi) is 3.19. The highest BCUT2D eigenvalue weighted by molar-refractivity contribution is 5.87. The van der Waals surface area contributed by atoms with Gasteiger partial charge in [0, 0.05) is 35.5 Å². The summed E-state index contributed by atoms with van der Waals surface area (Å²) in [6.07, 6.45) is 3.43. The Bertz CT molecular complexity index is 1160. The summed E-state index contributed by atoms with van der Waals surface area (Å²) >= 11 is 0. The molecule has 4 aromatic rings. The number of aromatic amines is 1. The number of H-pyrrole nitrogens is 1. The molecule has 7 heteroatoms. The van der Waals surface area contributed by atoms with Gasteiger partial charge in [-0.25, -0.2) is 18.2 Å². The number of nitrogens with one attached hydrogen (secondary N) is 1. The molecule has 26 heavy (non-hydrogen) atoms. The van der Waals surface area contributed by atoms with Gasteiger partial charge in [0.1, 0.15) is 11.6 Å². The predicted molar refractivity (Wildman–Crippen MR) is 90.9 cm³/mol. The van der Waals surface area contributed by atoms with E-state index in [0.29, 0.717) is 17.5 Å². The van der Waals surface area contributed by atoms with Gasteiger partial charge in [0.05, 0.1) is 23.1 Å². The molecule has 130 valence electrons. The van der Waals surface area contributed by atoms with E-state index in [9.17, 15) is 13.2 Å². The van der Waals surface area contributed by atoms with Crippen molar-refractivity contribution < 1.29 is 13.2 Å². The molecule has 3 heterocycles. The SMILES string of the molecule is Fc1cc(F)c(-c2nc3n(c2-c2ccc4cn[nH]c4c2)CCC3)cc1F. The van der Waals surface area contributed by atoms with Gasteiger partial charge in [0.25, 0.3) is 0 Å². The fourth-order valence-corrected chi connectivity index (χ4v) is 3.59. The number of hydrogen-bond donors (Lipinski definition) is 1. The third kappa shape index (κ3) is 2.16. The van der Waals surface area contributed by atoms with Crippen molar-refractivity contribution in [2.75, 3.05) is 0 Å². The van der Waals surface area contributed by atoms with E-state index in [4.69, 9.17) is 0 Å². The molecule has 4 nitrogen and oxygen atoms in total. The highest BCUT2D eigenvalue weighted by Crippen LogP contribution is 2.38. The van der Waals surface area contributed by atoms with Gasteiger partial charge in [-0.05, 0) is 18.6 Å². The molecule has 0 bridgehead atoms. The van der Waals surface area contributed by atoms with Crippen LogP contribution in [0.15, 0.2) is 36.5 Å². The minimum Gasteiger partial charge on any atom is -0.327 e. The molecule has 0 aliphatic carbocycles. The lowest BCUT2D eigenvalue weighted by Crippen LogP contribution is -1.98. The fourth-order valence-electron chi connectivity index (χ4n) is 3.59. The minimum absolute atomic E-state index is 0.0366.